The lowest BCUT2D eigenvalue weighted by molar-refractivity contribution is 0.270. The number of nitrogens with two attached hydrogens (primary N) is 1. The van der Waals surface area contributed by atoms with E-state index in [0.717, 1.165) is 24.5 Å². The molecule has 1 aromatic heterocycles. The molecule has 118 valence electrons. The zero-order chi connectivity index (χ0) is 14.5. The molecule has 1 fully saturated rings. The summed E-state index contributed by atoms with van der Waals surface area (Å²) in [5.41, 5.74) is 7.24. The molecule has 1 aromatic rings. The molecule has 0 aliphatic carbocycles. The van der Waals surface area contributed by atoms with Gasteiger partial charge in [-0.1, -0.05) is 6.92 Å². The van der Waals surface area contributed by atoms with Crippen LogP contribution in [-0.2, 0) is 6.54 Å². The van der Waals surface area contributed by atoms with E-state index in [1.807, 2.05) is 31.3 Å². The first kappa shape index (κ1) is 18.0. The third kappa shape index (κ3) is 5.33. The van der Waals surface area contributed by atoms with E-state index in [0.29, 0.717) is 18.4 Å². The van der Waals surface area contributed by atoms with E-state index in [-0.39, 0.29) is 24.0 Å². The van der Waals surface area contributed by atoms with Crippen LogP contribution in [0.5, 0.6) is 0 Å². The predicted molar refractivity (Wildman–Crippen MR) is 99.3 cm³/mol. The Labute approximate surface area is 144 Å². The number of guanidine groups is 1. The van der Waals surface area contributed by atoms with E-state index in [1.54, 1.807) is 0 Å². The van der Waals surface area contributed by atoms with E-state index >= 15 is 0 Å². The molecule has 0 bridgehead atoms. The van der Waals surface area contributed by atoms with Gasteiger partial charge in [0.05, 0.1) is 6.54 Å². The van der Waals surface area contributed by atoms with E-state index in [9.17, 15) is 0 Å². The van der Waals surface area contributed by atoms with Crippen molar-refractivity contribution in [2.75, 3.05) is 32.1 Å². The van der Waals surface area contributed by atoms with Crippen molar-refractivity contribution in [3.05, 3.63) is 23.9 Å². The minimum Gasteiger partial charge on any atom is -0.370 e. The van der Waals surface area contributed by atoms with Gasteiger partial charge in [-0.15, -0.1) is 24.0 Å². The lowest BCUT2D eigenvalue weighted by Crippen LogP contribution is -2.43. The van der Waals surface area contributed by atoms with Crippen molar-refractivity contribution in [3.63, 3.8) is 0 Å². The van der Waals surface area contributed by atoms with Crippen molar-refractivity contribution < 1.29 is 0 Å². The fraction of sp³-hybridized carbons (Fsp3) is 0.600. The number of aliphatic imine (C=N–C) groups is 1. The summed E-state index contributed by atoms with van der Waals surface area (Å²) in [6, 6.07) is 4.04. The number of pyridine rings is 1. The Kier molecular flexibility index (Phi) is 7.21. The quantitative estimate of drug-likeness (QED) is 0.478. The van der Waals surface area contributed by atoms with Crippen molar-refractivity contribution >= 4 is 35.8 Å². The molecule has 2 heterocycles. The van der Waals surface area contributed by atoms with E-state index in [1.165, 1.54) is 12.8 Å². The van der Waals surface area contributed by atoms with Gasteiger partial charge in [-0.3, -0.25) is 0 Å². The van der Waals surface area contributed by atoms with Crippen molar-refractivity contribution in [1.29, 1.82) is 0 Å². The molecule has 6 heteroatoms. The maximum Gasteiger partial charge on any atom is 0.191 e. The normalized spacial score (nSPS) is 19.1. The fourth-order valence-electron chi connectivity index (χ4n) is 2.47. The minimum absolute atomic E-state index is 0. The van der Waals surface area contributed by atoms with Crippen LogP contribution in [-0.4, -0.2) is 43.0 Å². The largest absolute Gasteiger partial charge is 0.370 e. The molecule has 1 aliphatic rings. The van der Waals surface area contributed by atoms with Gasteiger partial charge in [-0.2, -0.15) is 0 Å². The second kappa shape index (κ2) is 8.41. The summed E-state index contributed by atoms with van der Waals surface area (Å²) in [6.07, 6.45) is 4.32. The second-order valence-electron chi connectivity index (χ2n) is 5.78. The molecule has 1 unspecified atom stereocenters. The number of aromatic nitrogens is 1. The van der Waals surface area contributed by atoms with Gasteiger partial charge in [0.15, 0.2) is 5.96 Å². The first-order chi connectivity index (χ1) is 9.56. The number of anilines is 1. The molecular formula is C15H26IN5. The van der Waals surface area contributed by atoms with Crippen LogP contribution in [0, 0.1) is 5.92 Å². The van der Waals surface area contributed by atoms with Crippen LogP contribution < -0.4 is 10.6 Å². The third-order valence-corrected chi connectivity index (χ3v) is 3.67. The average Bonchev–Trinajstić information content (AvgIpc) is 2.45. The van der Waals surface area contributed by atoms with Gasteiger partial charge in [-0.25, -0.2) is 9.98 Å². The van der Waals surface area contributed by atoms with E-state index in [2.05, 4.69) is 27.9 Å². The highest BCUT2D eigenvalue weighted by atomic mass is 127. The number of hydrogen-bond donors (Lipinski definition) is 1. The highest BCUT2D eigenvalue weighted by Gasteiger charge is 2.17. The first-order valence-electron chi connectivity index (χ1n) is 7.23. The topological polar surface area (TPSA) is 57.8 Å². The molecule has 0 radical (unpaired) electrons. The van der Waals surface area contributed by atoms with Gasteiger partial charge in [0.1, 0.15) is 5.82 Å². The van der Waals surface area contributed by atoms with Gasteiger partial charge in [0.2, 0.25) is 0 Å². The first-order valence-corrected chi connectivity index (χ1v) is 7.23. The number of rotatable bonds is 3. The summed E-state index contributed by atoms with van der Waals surface area (Å²) in [6.45, 7) is 4.93. The Balaban J connectivity index is 0.00000220. The number of halogens is 1. The van der Waals surface area contributed by atoms with E-state index in [4.69, 9.17) is 5.73 Å². The third-order valence-electron chi connectivity index (χ3n) is 3.67. The van der Waals surface area contributed by atoms with Crippen LogP contribution in [0.25, 0.3) is 0 Å². The molecule has 2 N–H and O–H groups in total. The van der Waals surface area contributed by atoms with Crippen molar-refractivity contribution in [1.82, 2.24) is 9.88 Å². The van der Waals surface area contributed by atoms with Crippen LogP contribution in [0.3, 0.4) is 0 Å². The molecule has 2 rings (SSSR count). The maximum absolute atomic E-state index is 6.11. The number of hydrogen-bond acceptors (Lipinski definition) is 3. The molecule has 0 amide bonds. The van der Waals surface area contributed by atoms with Crippen LogP contribution in [0.4, 0.5) is 5.82 Å². The van der Waals surface area contributed by atoms with Crippen molar-refractivity contribution in [2.45, 2.75) is 26.3 Å². The molecule has 0 saturated carbocycles. The van der Waals surface area contributed by atoms with Crippen molar-refractivity contribution in [3.8, 4) is 0 Å². The van der Waals surface area contributed by atoms with Crippen LogP contribution >= 0.6 is 24.0 Å². The van der Waals surface area contributed by atoms with Crippen LogP contribution in [0.2, 0.25) is 0 Å². The molecular weight excluding hydrogens is 377 g/mol. The molecule has 0 spiro atoms. The minimum atomic E-state index is 0. The maximum atomic E-state index is 6.11. The second-order valence-corrected chi connectivity index (χ2v) is 5.78. The monoisotopic (exact) mass is 403 g/mol. The zero-order valence-corrected chi connectivity index (χ0v) is 15.4. The summed E-state index contributed by atoms with van der Waals surface area (Å²) >= 11 is 0. The van der Waals surface area contributed by atoms with E-state index < -0.39 is 0 Å². The Morgan fingerprint density at radius 1 is 1.52 bits per heavy atom. The molecule has 0 aromatic carbocycles. The molecule has 5 nitrogen and oxygen atoms in total. The SMILES string of the molecule is CC1CCCN(C(N)=NCc2ccnc(N(C)C)c2)C1.I. The molecule has 1 aliphatic heterocycles. The van der Waals surface area contributed by atoms with Gasteiger partial charge < -0.3 is 15.5 Å². The molecule has 21 heavy (non-hydrogen) atoms. The van der Waals surface area contributed by atoms with Gasteiger partial charge in [-0.05, 0) is 36.5 Å². The summed E-state index contributed by atoms with van der Waals surface area (Å²) in [5.74, 6) is 2.32. The summed E-state index contributed by atoms with van der Waals surface area (Å²) < 4.78 is 0. The lowest BCUT2D eigenvalue weighted by atomic mass is 10.0. The fourth-order valence-corrected chi connectivity index (χ4v) is 2.47. The number of likely N-dealkylation sites (tertiary alicyclic amines) is 1. The van der Waals surface area contributed by atoms with Crippen LogP contribution in [0.1, 0.15) is 25.3 Å². The zero-order valence-electron chi connectivity index (χ0n) is 13.1. The van der Waals surface area contributed by atoms with Gasteiger partial charge in [0, 0.05) is 33.4 Å². The Morgan fingerprint density at radius 2 is 2.29 bits per heavy atom. The van der Waals surface area contributed by atoms with Crippen molar-refractivity contribution in [2.24, 2.45) is 16.6 Å². The standard InChI is InChI=1S/C15H25N5.HI/c1-12-5-4-8-20(11-12)15(16)18-10-13-6-7-17-14(9-13)19(2)3;/h6-7,9,12H,4-5,8,10-11H2,1-3H3,(H2,16,18);1H. The Hall–Kier alpha value is -1.05. The lowest BCUT2D eigenvalue weighted by Gasteiger charge is -2.31. The summed E-state index contributed by atoms with van der Waals surface area (Å²) in [4.78, 5) is 13.0. The molecule has 1 atom stereocenters. The smallest absolute Gasteiger partial charge is 0.191 e. The highest BCUT2D eigenvalue weighted by Crippen LogP contribution is 2.15. The Morgan fingerprint density at radius 3 is 2.95 bits per heavy atom. The summed E-state index contributed by atoms with van der Waals surface area (Å²) in [5, 5.41) is 0. The van der Waals surface area contributed by atoms with Gasteiger partial charge >= 0.3 is 0 Å². The predicted octanol–water partition coefficient (Wildman–Crippen LogP) is 2.31. The Bertz CT molecular complexity index is 475. The van der Waals surface area contributed by atoms with Gasteiger partial charge in [0.25, 0.3) is 0 Å². The van der Waals surface area contributed by atoms with Crippen LogP contribution in [0.15, 0.2) is 23.3 Å². The molecule has 1 saturated heterocycles. The number of nitrogens with zero attached hydrogens (tertiary/aromatic N) is 4. The average molecular weight is 403 g/mol. The highest BCUT2D eigenvalue weighted by molar-refractivity contribution is 14.0. The summed E-state index contributed by atoms with van der Waals surface area (Å²) in [7, 11) is 3.97. The number of piperidine rings is 1.